The van der Waals surface area contributed by atoms with Crippen LogP contribution in [0.25, 0.3) is 0 Å². The van der Waals surface area contributed by atoms with Crippen LogP contribution in [0.2, 0.25) is 0 Å². The molecule has 0 aliphatic carbocycles. The summed E-state index contributed by atoms with van der Waals surface area (Å²) in [6.07, 6.45) is 0.355. The average molecular weight is 282 g/mol. The van der Waals surface area contributed by atoms with Gasteiger partial charge in [-0.3, -0.25) is 9.59 Å². The molecule has 0 saturated carbocycles. The van der Waals surface area contributed by atoms with Crippen LogP contribution in [-0.2, 0) is 0 Å². The summed E-state index contributed by atoms with van der Waals surface area (Å²) in [6, 6.07) is 3.12. The van der Waals surface area contributed by atoms with Crippen LogP contribution in [0.1, 0.15) is 16.1 Å². The number of aryl methyl sites for hydroxylation is 1. The number of rotatable bonds is 3. The molecule has 7 heteroatoms. The van der Waals surface area contributed by atoms with Crippen LogP contribution in [0.4, 0.5) is 8.78 Å². The van der Waals surface area contributed by atoms with E-state index in [4.69, 9.17) is 0 Å². The Balaban J connectivity index is 2.43. The highest BCUT2D eigenvalue weighted by molar-refractivity contribution is 7.99. The Morgan fingerprint density at radius 1 is 1.26 bits per heavy atom. The molecular formula is C12H8F2N2O2S. The number of H-pyrrole nitrogens is 1. The van der Waals surface area contributed by atoms with Gasteiger partial charge >= 0.3 is 0 Å². The molecule has 0 fully saturated rings. The number of hydrogen-bond acceptors (Lipinski definition) is 4. The number of benzene rings is 1. The fourth-order valence-corrected chi connectivity index (χ4v) is 2.29. The standard InChI is InChI=1S/C12H8F2N2O2S/c1-6-2-10(18)16-12(15-6)19-11-8(13)3-7(5-17)4-9(11)14/h2-5H,1H3,(H,15,16,18). The maximum atomic E-state index is 13.6. The maximum absolute atomic E-state index is 13.6. The van der Waals surface area contributed by atoms with Gasteiger partial charge in [0.25, 0.3) is 5.56 Å². The van der Waals surface area contributed by atoms with E-state index in [1.165, 1.54) is 6.07 Å². The van der Waals surface area contributed by atoms with Crippen LogP contribution in [0, 0.1) is 18.6 Å². The van der Waals surface area contributed by atoms with Crippen molar-refractivity contribution in [3.63, 3.8) is 0 Å². The molecule has 0 spiro atoms. The summed E-state index contributed by atoms with van der Waals surface area (Å²) < 4.78 is 27.3. The fourth-order valence-electron chi connectivity index (χ4n) is 1.44. The van der Waals surface area contributed by atoms with Crippen LogP contribution >= 0.6 is 11.8 Å². The van der Waals surface area contributed by atoms with Crippen molar-refractivity contribution in [1.82, 2.24) is 9.97 Å². The van der Waals surface area contributed by atoms with Gasteiger partial charge in [0.05, 0.1) is 4.90 Å². The van der Waals surface area contributed by atoms with E-state index < -0.39 is 17.2 Å². The third-order valence-corrected chi connectivity index (χ3v) is 3.18. The lowest BCUT2D eigenvalue weighted by molar-refractivity contribution is 0.112. The summed E-state index contributed by atoms with van der Waals surface area (Å²) in [4.78, 5) is 27.7. The maximum Gasteiger partial charge on any atom is 0.251 e. The first-order valence-corrected chi connectivity index (χ1v) is 6.01. The van der Waals surface area contributed by atoms with Crippen LogP contribution in [0.15, 0.2) is 33.0 Å². The molecule has 0 unspecified atom stereocenters. The normalized spacial score (nSPS) is 10.5. The fraction of sp³-hybridized carbons (Fsp3) is 0.0833. The van der Waals surface area contributed by atoms with E-state index in [2.05, 4.69) is 9.97 Å². The zero-order chi connectivity index (χ0) is 14.0. The molecule has 1 aromatic carbocycles. The number of aromatic nitrogens is 2. The van der Waals surface area contributed by atoms with E-state index in [1.54, 1.807) is 6.92 Å². The van der Waals surface area contributed by atoms with Crippen molar-refractivity contribution in [2.75, 3.05) is 0 Å². The van der Waals surface area contributed by atoms with Gasteiger partial charge in [-0.25, -0.2) is 13.8 Å². The number of halogens is 2. The van der Waals surface area contributed by atoms with Crippen molar-refractivity contribution >= 4 is 18.0 Å². The predicted molar refractivity (Wildman–Crippen MR) is 65.5 cm³/mol. The zero-order valence-corrected chi connectivity index (χ0v) is 10.6. The van der Waals surface area contributed by atoms with E-state index in [0.29, 0.717) is 23.7 Å². The lowest BCUT2D eigenvalue weighted by Crippen LogP contribution is -2.08. The third kappa shape index (κ3) is 3.05. The Morgan fingerprint density at radius 2 is 1.89 bits per heavy atom. The number of hydrogen-bond donors (Lipinski definition) is 1. The molecule has 0 radical (unpaired) electrons. The van der Waals surface area contributed by atoms with E-state index in [-0.39, 0.29) is 15.6 Å². The van der Waals surface area contributed by atoms with Gasteiger partial charge in [-0.15, -0.1) is 0 Å². The van der Waals surface area contributed by atoms with Crippen LogP contribution < -0.4 is 5.56 Å². The summed E-state index contributed by atoms with van der Waals surface area (Å²) >= 11 is 0.656. The van der Waals surface area contributed by atoms with Gasteiger partial charge in [-0.05, 0) is 30.8 Å². The zero-order valence-electron chi connectivity index (χ0n) is 9.74. The lowest BCUT2D eigenvalue weighted by Gasteiger charge is -2.05. The van der Waals surface area contributed by atoms with Crippen molar-refractivity contribution in [2.24, 2.45) is 0 Å². The van der Waals surface area contributed by atoms with E-state index in [9.17, 15) is 18.4 Å². The minimum atomic E-state index is -0.878. The van der Waals surface area contributed by atoms with Crippen molar-refractivity contribution in [3.8, 4) is 0 Å². The Bertz CT molecular complexity index is 677. The first kappa shape index (κ1) is 13.4. The van der Waals surface area contributed by atoms with Crippen molar-refractivity contribution in [2.45, 2.75) is 17.0 Å². The van der Waals surface area contributed by atoms with Crippen LogP contribution in [0.3, 0.4) is 0 Å². The summed E-state index contributed by atoms with van der Waals surface area (Å²) in [5.41, 5.74) is -0.0537. The summed E-state index contributed by atoms with van der Waals surface area (Å²) in [5, 5.41) is 0.0849. The van der Waals surface area contributed by atoms with Gasteiger partial charge < -0.3 is 4.98 Å². The monoisotopic (exact) mass is 282 g/mol. The molecule has 2 aromatic rings. The molecule has 0 atom stereocenters. The first-order valence-electron chi connectivity index (χ1n) is 5.19. The smallest absolute Gasteiger partial charge is 0.251 e. The number of nitrogens with one attached hydrogen (secondary N) is 1. The molecule has 0 aliphatic heterocycles. The molecular weight excluding hydrogens is 274 g/mol. The van der Waals surface area contributed by atoms with Crippen molar-refractivity contribution in [1.29, 1.82) is 0 Å². The van der Waals surface area contributed by atoms with Gasteiger partial charge in [0.1, 0.15) is 17.9 Å². The predicted octanol–water partition coefficient (Wildman–Crippen LogP) is 2.32. The largest absolute Gasteiger partial charge is 0.301 e. The average Bonchev–Trinajstić information content (AvgIpc) is 2.32. The van der Waals surface area contributed by atoms with Gasteiger partial charge in [0, 0.05) is 17.3 Å². The first-order chi connectivity index (χ1) is 8.99. The highest BCUT2D eigenvalue weighted by atomic mass is 32.2. The van der Waals surface area contributed by atoms with E-state index >= 15 is 0 Å². The minimum absolute atomic E-state index is 0.0849. The molecule has 0 saturated heterocycles. The number of carbonyl (C=O) groups excluding carboxylic acids is 1. The molecule has 0 aliphatic rings. The molecule has 1 aromatic heterocycles. The van der Waals surface area contributed by atoms with Gasteiger partial charge in [-0.1, -0.05) is 0 Å². The molecule has 2 rings (SSSR count). The second-order valence-corrected chi connectivity index (χ2v) is 4.72. The summed E-state index contributed by atoms with van der Waals surface area (Å²) in [7, 11) is 0. The number of carbonyl (C=O) groups is 1. The lowest BCUT2D eigenvalue weighted by atomic mass is 10.2. The molecule has 19 heavy (non-hydrogen) atoms. The topological polar surface area (TPSA) is 62.8 Å². The summed E-state index contributed by atoms with van der Waals surface area (Å²) in [6.45, 7) is 1.60. The number of aldehydes is 1. The molecule has 4 nitrogen and oxygen atoms in total. The Morgan fingerprint density at radius 3 is 2.42 bits per heavy atom. The Labute approximate surface area is 110 Å². The Kier molecular flexibility index (Phi) is 3.75. The second-order valence-electron chi connectivity index (χ2n) is 3.73. The molecule has 1 heterocycles. The molecule has 0 amide bonds. The third-order valence-electron chi connectivity index (χ3n) is 2.20. The molecule has 98 valence electrons. The van der Waals surface area contributed by atoms with Crippen LogP contribution in [0.5, 0.6) is 0 Å². The minimum Gasteiger partial charge on any atom is -0.301 e. The Hall–Kier alpha value is -2.02. The van der Waals surface area contributed by atoms with Gasteiger partial charge in [0.2, 0.25) is 0 Å². The van der Waals surface area contributed by atoms with E-state index in [0.717, 1.165) is 12.1 Å². The second kappa shape index (κ2) is 5.31. The summed E-state index contributed by atoms with van der Waals surface area (Å²) in [5.74, 6) is -1.76. The van der Waals surface area contributed by atoms with Gasteiger partial charge in [0.15, 0.2) is 5.16 Å². The van der Waals surface area contributed by atoms with E-state index in [1.807, 2.05) is 0 Å². The molecule has 1 N–H and O–H groups in total. The molecule has 0 bridgehead atoms. The van der Waals surface area contributed by atoms with Crippen molar-refractivity contribution in [3.05, 3.63) is 51.4 Å². The highest BCUT2D eigenvalue weighted by Crippen LogP contribution is 2.30. The van der Waals surface area contributed by atoms with Gasteiger partial charge in [-0.2, -0.15) is 0 Å². The van der Waals surface area contributed by atoms with Crippen LogP contribution in [-0.4, -0.2) is 16.3 Å². The quantitative estimate of drug-likeness (QED) is 0.693. The number of aromatic amines is 1. The highest BCUT2D eigenvalue weighted by Gasteiger charge is 2.14. The SMILES string of the molecule is Cc1cc(=O)[nH]c(Sc2c(F)cc(C=O)cc2F)n1. The number of nitrogens with zero attached hydrogens (tertiary/aromatic N) is 1. The van der Waals surface area contributed by atoms with Crippen molar-refractivity contribution < 1.29 is 13.6 Å².